The second-order valence-electron chi connectivity index (χ2n) is 3.65. The Labute approximate surface area is 90.5 Å². The van der Waals surface area contributed by atoms with Gasteiger partial charge in [0, 0.05) is 6.54 Å². The minimum Gasteiger partial charge on any atom is -0.481 e. The number of hydrogen-bond donors (Lipinski definition) is 2. The minimum atomic E-state index is -0.978. The third-order valence-corrected chi connectivity index (χ3v) is 2.52. The molecule has 0 aliphatic heterocycles. The number of carboxylic acid groups (broad SMARTS) is 1. The third-order valence-electron chi connectivity index (χ3n) is 1.85. The molecule has 0 saturated carbocycles. The molecule has 0 spiro atoms. The maximum absolute atomic E-state index is 11.4. The van der Waals surface area contributed by atoms with Gasteiger partial charge in [-0.3, -0.25) is 9.59 Å². The van der Waals surface area contributed by atoms with E-state index < -0.39 is 11.4 Å². The van der Waals surface area contributed by atoms with E-state index in [9.17, 15) is 9.59 Å². The van der Waals surface area contributed by atoms with Crippen LogP contribution >= 0.6 is 11.5 Å². The zero-order chi connectivity index (χ0) is 11.5. The molecule has 0 radical (unpaired) electrons. The summed E-state index contributed by atoms with van der Waals surface area (Å²) in [6.45, 7) is 3.15. The van der Waals surface area contributed by atoms with E-state index in [0.717, 1.165) is 11.5 Å². The molecular weight excluding hydrogens is 218 g/mol. The van der Waals surface area contributed by atoms with Crippen molar-refractivity contribution in [2.45, 2.75) is 13.8 Å². The average Bonchev–Trinajstić information content (AvgIpc) is 2.66. The number of carboxylic acids is 1. The zero-order valence-corrected chi connectivity index (χ0v) is 9.17. The van der Waals surface area contributed by atoms with E-state index in [1.165, 1.54) is 6.20 Å². The molecule has 82 valence electrons. The Hall–Kier alpha value is -1.50. The van der Waals surface area contributed by atoms with Crippen LogP contribution in [0.1, 0.15) is 23.5 Å². The summed E-state index contributed by atoms with van der Waals surface area (Å²) >= 11 is 0.969. The second-order valence-corrected chi connectivity index (χ2v) is 4.44. The fourth-order valence-corrected chi connectivity index (χ4v) is 1.16. The van der Waals surface area contributed by atoms with Crippen LogP contribution in [0, 0.1) is 5.41 Å². The molecule has 0 unspecified atom stereocenters. The Morgan fingerprint density at radius 3 is 2.73 bits per heavy atom. The summed E-state index contributed by atoms with van der Waals surface area (Å²) in [5.41, 5.74) is -0.978. The predicted octanol–water partition coefficient (Wildman–Crippen LogP) is 0.379. The van der Waals surface area contributed by atoms with Crippen LogP contribution in [0.3, 0.4) is 0 Å². The van der Waals surface area contributed by atoms with E-state index in [1.54, 1.807) is 13.8 Å². The first kappa shape index (κ1) is 11.6. The molecule has 7 heteroatoms. The molecule has 1 rings (SSSR count). The van der Waals surface area contributed by atoms with E-state index in [2.05, 4.69) is 14.9 Å². The first-order valence-corrected chi connectivity index (χ1v) is 5.00. The van der Waals surface area contributed by atoms with Gasteiger partial charge in [-0.25, -0.2) is 0 Å². The largest absolute Gasteiger partial charge is 0.481 e. The van der Waals surface area contributed by atoms with Gasteiger partial charge in [-0.05, 0) is 25.4 Å². The first-order chi connectivity index (χ1) is 6.93. The number of rotatable bonds is 4. The van der Waals surface area contributed by atoms with Gasteiger partial charge in [0.15, 0.2) is 0 Å². The van der Waals surface area contributed by atoms with Crippen molar-refractivity contribution < 1.29 is 14.7 Å². The summed E-state index contributed by atoms with van der Waals surface area (Å²) in [6, 6.07) is 0. The number of carbonyl (C=O) groups excluding carboxylic acids is 1. The highest BCUT2D eigenvalue weighted by Crippen LogP contribution is 2.13. The molecule has 0 aliphatic carbocycles. The van der Waals surface area contributed by atoms with E-state index in [4.69, 9.17) is 5.11 Å². The lowest BCUT2D eigenvalue weighted by molar-refractivity contribution is -0.146. The molecule has 1 heterocycles. The van der Waals surface area contributed by atoms with Crippen LogP contribution < -0.4 is 5.32 Å². The summed E-state index contributed by atoms with van der Waals surface area (Å²) in [6.07, 6.45) is 1.34. The Morgan fingerprint density at radius 1 is 1.60 bits per heavy atom. The van der Waals surface area contributed by atoms with Gasteiger partial charge in [0.05, 0.1) is 11.6 Å². The summed E-state index contributed by atoms with van der Waals surface area (Å²) in [5, 5.41) is 14.8. The highest BCUT2D eigenvalue weighted by molar-refractivity contribution is 7.07. The van der Waals surface area contributed by atoms with Crippen molar-refractivity contribution in [3.8, 4) is 0 Å². The quantitative estimate of drug-likeness (QED) is 0.778. The Kier molecular flexibility index (Phi) is 3.35. The zero-order valence-electron chi connectivity index (χ0n) is 8.35. The van der Waals surface area contributed by atoms with Crippen molar-refractivity contribution in [2.24, 2.45) is 5.41 Å². The van der Waals surface area contributed by atoms with E-state index in [0.29, 0.717) is 4.88 Å². The van der Waals surface area contributed by atoms with Crippen LogP contribution in [0.4, 0.5) is 0 Å². The smallest absolute Gasteiger partial charge is 0.310 e. The Morgan fingerprint density at radius 2 is 2.27 bits per heavy atom. The molecule has 0 fully saturated rings. The second kappa shape index (κ2) is 4.35. The normalized spacial score (nSPS) is 11.1. The SMILES string of the molecule is CC(C)(CNC(=O)c1cnns1)C(=O)O. The van der Waals surface area contributed by atoms with Crippen molar-refractivity contribution in [1.82, 2.24) is 14.9 Å². The molecule has 1 amide bonds. The molecule has 0 aliphatic rings. The summed E-state index contributed by atoms with van der Waals surface area (Å²) in [7, 11) is 0. The maximum atomic E-state index is 11.4. The molecule has 15 heavy (non-hydrogen) atoms. The molecule has 1 aromatic rings. The fourth-order valence-electron chi connectivity index (χ4n) is 0.731. The van der Waals surface area contributed by atoms with Gasteiger partial charge >= 0.3 is 5.97 Å². The third kappa shape index (κ3) is 2.98. The van der Waals surface area contributed by atoms with Crippen molar-refractivity contribution in [3.63, 3.8) is 0 Å². The summed E-state index contributed by atoms with van der Waals surface area (Å²) in [5.74, 6) is -1.30. The molecule has 1 aromatic heterocycles. The Balaban J connectivity index is 2.51. The number of carbonyl (C=O) groups is 2. The molecule has 0 atom stereocenters. The van der Waals surface area contributed by atoms with Gasteiger partial charge in [-0.15, -0.1) is 5.10 Å². The number of amides is 1. The molecule has 0 bridgehead atoms. The lowest BCUT2D eigenvalue weighted by Crippen LogP contribution is -2.38. The van der Waals surface area contributed by atoms with Crippen LogP contribution in [0.25, 0.3) is 0 Å². The van der Waals surface area contributed by atoms with E-state index in [-0.39, 0.29) is 12.5 Å². The number of aliphatic carboxylic acids is 1. The number of nitrogens with zero attached hydrogens (tertiary/aromatic N) is 2. The highest BCUT2D eigenvalue weighted by Gasteiger charge is 2.27. The van der Waals surface area contributed by atoms with Crippen LogP contribution in [0.2, 0.25) is 0 Å². The van der Waals surface area contributed by atoms with E-state index >= 15 is 0 Å². The molecule has 0 aromatic carbocycles. The van der Waals surface area contributed by atoms with Crippen molar-refractivity contribution in [2.75, 3.05) is 6.54 Å². The highest BCUT2D eigenvalue weighted by atomic mass is 32.1. The molecule has 2 N–H and O–H groups in total. The fraction of sp³-hybridized carbons (Fsp3) is 0.500. The van der Waals surface area contributed by atoms with Crippen LogP contribution in [-0.4, -0.2) is 33.1 Å². The first-order valence-electron chi connectivity index (χ1n) is 4.22. The summed E-state index contributed by atoms with van der Waals surface area (Å²) < 4.78 is 3.54. The van der Waals surface area contributed by atoms with Gasteiger partial charge in [0.1, 0.15) is 4.88 Å². The lowest BCUT2D eigenvalue weighted by atomic mass is 9.94. The summed E-state index contributed by atoms with van der Waals surface area (Å²) in [4.78, 5) is 22.5. The van der Waals surface area contributed by atoms with Gasteiger partial charge in [-0.2, -0.15) is 0 Å². The number of nitrogens with one attached hydrogen (secondary N) is 1. The van der Waals surface area contributed by atoms with E-state index in [1.807, 2.05) is 0 Å². The van der Waals surface area contributed by atoms with Crippen molar-refractivity contribution >= 4 is 23.4 Å². The van der Waals surface area contributed by atoms with Gasteiger partial charge in [0.25, 0.3) is 5.91 Å². The maximum Gasteiger partial charge on any atom is 0.310 e. The van der Waals surface area contributed by atoms with Crippen LogP contribution in [-0.2, 0) is 4.79 Å². The monoisotopic (exact) mass is 229 g/mol. The molecule has 6 nitrogen and oxygen atoms in total. The van der Waals surface area contributed by atoms with Crippen molar-refractivity contribution in [3.05, 3.63) is 11.1 Å². The van der Waals surface area contributed by atoms with Crippen molar-refractivity contribution in [1.29, 1.82) is 0 Å². The molecule has 0 saturated heterocycles. The lowest BCUT2D eigenvalue weighted by Gasteiger charge is -2.18. The number of aromatic nitrogens is 2. The van der Waals surface area contributed by atoms with Gasteiger partial charge in [-0.1, -0.05) is 4.49 Å². The molecular formula is C8H11N3O3S. The topological polar surface area (TPSA) is 92.2 Å². The minimum absolute atomic E-state index is 0.0685. The van der Waals surface area contributed by atoms with Crippen LogP contribution in [0.15, 0.2) is 6.20 Å². The van der Waals surface area contributed by atoms with Crippen LogP contribution in [0.5, 0.6) is 0 Å². The Bertz CT molecular complexity index is 361. The van der Waals surface area contributed by atoms with Gasteiger partial charge in [0.2, 0.25) is 0 Å². The standard InChI is InChI=1S/C8H11N3O3S/c1-8(2,7(13)14)4-9-6(12)5-3-10-11-15-5/h3H,4H2,1-2H3,(H,9,12)(H,13,14). The predicted molar refractivity (Wildman–Crippen MR) is 53.7 cm³/mol. The van der Waals surface area contributed by atoms with Gasteiger partial charge < -0.3 is 10.4 Å². The average molecular weight is 229 g/mol. The number of hydrogen-bond acceptors (Lipinski definition) is 5.